The zero-order valence-corrected chi connectivity index (χ0v) is 32.5. The smallest absolute Gasteiger partial charge is 0.475 e. The van der Waals surface area contributed by atoms with Crippen molar-refractivity contribution in [1.82, 2.24) is 14.9 Å². The first-order valence-corrected chi connectivity index (χ1v) is 20.4. The highest BCUT2D eigenvalue weighted by molar-refractivity contribution is 7.92. The molecule has 22 heteroatoms. The van der Waals surface area contributed by atoms with Crippen molar-refractivity contribution in [3.8, 4) is 0 Å². The van der Waals surface area contributed by atoms with Crippen LogP contribution in [0.5, 0.6) is 0 Å². The molecule has 0 spiro atoms. The highest BCUT2D eigenvalue weighted by atomic mass is 35.5. The molecule has 300 valence electrons. The number of carboxylic acid groups (broad SMARTS) is 1. The van der Waals surface area contributed by atoms with Gasteiger partial charge in [-0.15, -0.1) is 0 Å². The normalized spacial score (nSPS) is 17.9. The number of hydrogen-bond acceptors (Lipinski definition) is 10. The van der Waals surface area contributed by atoms with Crippen molar-refractivity contribution in [3.05, 3.63) is 81.8 Å². The van der Waals surface area contributed by atoms with Gasteiger partial charge in [-0.25, -0.2) is 21.6 Å². The number of carbonyl (C=O) groups is 3. The minimum Gasteiger partial charge on any atom is -0.475 e. The monoisotopic (exact) mass is 851 g/mol. The van der Waals surface area contributed by atoms with Crippen molar-refractivity contribution in [2.24, 2.45) is 5.73 Å². The van der Waals surface area contributed by atoms with Gasteiger partial charge >= 0.3 is 12.1 Å². The Morgan fingerprint density at radius 2 is 1.55 bits per heavy atom. The number of amides is 2. The topological polar surface area (TPSA) is 212 Å². The van der Waals surface area contributed by atoms with Crippen molar-refractivity contribution >= 4 is 78.1 Å². The number of nitrogens with one attached hydrogen (secondary N) is 3. The molecule has 2 saturated heterocycles. The van der Waals surface area contributed by atoms with Gasteiger partial charge in [-0.3, -0.25) is 13.9 Å². The fraction of sp³-hybridized carbons (Fsp3) is 0.364. The van der Waals surface area contributed by atoms with Crippen LogP contribution in [0.4, 0.5) is 30.2 Å². The minimum absolute atomic E-state index is 0.0475. The second-order valence-corrected chi connectivity index (χ2v) is 17.4. The zero-order valence-electron chi connectivity index (χ0n) is 29.3. The maximum atomic E-state index is 13.5. The zero-order chi connectivity index (χ0) is 40.9. The molecule has 2 fully saturated rings. The number of nitrogens with two attached hydrogens (primary N) is 1. The largest absolute Gasteiger partial charge is 0.490 e. The van der Waals surface area contributed by atoms with Crippen LogP contribution in [0.15, 0.2) is 65.6 Å². The maximum Gasteiger partial charge on any atom is 0.490 e. The standard InChI is InChI=1S/C31H37Cl2N7O6S2.C2HF3O2/c1-38(47(2,43)44)29-8-3-20(18-36-31(42)28-17-23(34)19-35-28)13-27(29)30(41)37-24-4-6-26(7-5-24)48(45,46)40-11-9-39(10-12-40)25-15-21(32)14-22(33)16-25;3-2(4,5)1(6)7/h3-8,13-16,23,28,35H,9-12,17-19,34H2,1-2H3,(H,36,42)(H,37,41);(H,6,7)/t23-,28-;/m0./s1. The highest BCUT2D eigenvalue weighted by Gasteiger charge is 2.38. The summed E-state index contributed by atoms with van der Waals surface area (Å²) in [6.45, 7) is 2.04. The first-order chi connectivity index (χ1) is 25.6. The number of sulfonamides is 2. The molecule has 5 rings (SSSR count). The summed E-state index contributed by atoms with van der Waals surface area (Å²) in [6.07, 6.45) is -3.55. The number of aliphatic carboxylic acids is 1. The van der Waals surface area contributed by atoms with E-state index in [1.807, 2.05) is 4.90 Å². The molecule has 55 heavy (non-hydrogen) atoms. The van der Waals surface area contributed by atoms with Gasteiger partial charge in [0, 0.05) is 73.8 Å². The molecule has 2 atom stereocenters. The molecule has 2 aliphatic heterocycles. The Morgan fingerprint density at radius 1 is 0.964 bits per heavy atom. The summed E-state index contributed by atoms with van der Waals surface area (Å²) in [5, 5.41) is 16.7. The number of carbonyl (C=O) groups excluding carboxylic acids is 2. The molecule has 3 aromatic rings. The Hall–Kier alpha value is -4.18. The first-order valence-electron chi connectivity index (χ1n) is 16.3. The van der Waals surface area contributed by atoms with E-state index in [0.29, 0.717) is 47.4 Å². The first kappa shape index (κ1) is 43.5. The Labute approximate surface area is 325 Å². The van der Waals surface area contributed by atoms with E-state index >= 15 is 0 Å². The van der Waals surface area contributed by atoms with E-state index in [2.05, 4.69) is 16.0 Å². The third-order valence-electron chi connectivity index (χ3n) is 8.53. The summed E-state index contributed by atoms with van der Waals surface area (Å²) >= 11 is 12.3. The number of piperazine rings is 1. The van der Waals surface area contributed by atoms with E-state index in [1.165, 1.54) is 47.8 Å². The molecule has 0 radical (unpaired) electrons. The second kappa shape index (κ2) is 17.7. The van der Waals surface area contributed by atoms with Gasteiger partial charge < -0.3 is 31.7 Å². The van der Waals surface area contributed by atoms with Crippen molar-refractivity contribution in [2.75, 3.05) is 60.5 Å². The number of carboxylic acids is 1. The van der Waals surface area contributed by atoms with E-state index in [1.54, 1.807) is 24.3 Å². The average Bonchev–Trinajstić information content (AvgIpc) is 3.55. The van der Waals surface area contributed by atoms with Crippen molar-refractivity contribution in [3.63, 3.8) is 0 Å². The van der Waals surface area contributed by atoms with Gasteiger partial charge in [-0.1, -0.05) is 29.3 Å². The highest BCUT2D eigenvalue weighted by Crippen LogP contribution is 2.29. The molecule has 3 aromatic carbocycles. The molecule has 0 aromatic heterocycles. The maximum absolute atomic E-state index is 13.5. The fourth-order valence-electron chi connectivity index (χ4n) is 5.57. The Morgan fingerprint density at radius 3 is 2.05 bits per heavy atom. The van der Waals surface area contributed by atoms with Crippen molar-refractivity contribution < 1.29 is 49.5 Å². The lowest BCUT2D eigenvalue weighted by molar-refractivity contribution is -0.192. The predicted octanol–water partition coefficient (Wildman–Crippen LogP) is 3.09. The van der Waals surface area contributed by atoms with Crippen LogP contribution < -0.4 is 30.9 Å². The quantitative estimate of drug-likeness (QED) is 0.200. The number of anilines is 3. The van der Waals surface area contributed by atoms with Gasteiger partial charge in [-0.2, -0.15) is 17.5 Å². The van der Waals surface area contributed by atoms with Crippen LogP contribution in [0.2, 0.25) is 10.0 Å². The number of rotatable bonds is 10. The molecule has 15 nitrogen and oxygen atoms in total. The summed E-state index contributed by atoms with van der Waals surface area (Å²) in [7, 11) is -6.20. The lowest BCUT2D eigenvalue weighted by atomic mass is 10.1. The SMILES string of the molecule is CN(c1ccc(CNC(=O)[C@@H]2C[C@H](N)CN2)cc1C(=O)Nc1ccc(S(=O)(=O)N2CCN(c3cc(Cl)cc(Cl)c3)CC2)cc1)S(C)(=O)=O.O=C(O)C(F)(F)F. The van der Waals surface area contributed by atoms with Crippen LogP contribution in [0.1, 0.15) is 22.3 Å². The van der Waals surface area contributed by atoms with E-state index in [-0.39, 0.29) is 47.7 Å². The molecule has 2 aliphatic rings. The van der Waals surface area contributed by atoms with E-state index < -0.39 is 44.1 Å². The summed E-state index contributed by atoms with van der Waals surface area (Å²) in [6, 6.07) is 15.1. The summed E-state index contributed by atoms with van der Waals surface area (Å²) < 4.78 is 85.7. The third kappa shape index (κ3) is 11.7. The average molecular weight is 853 g/mol. The second-order valence-electron chi connectivity index (χ2n) is 12.6. The van der Waals surface area contributed by atoms with Crippen LogP contribution >= 0.6 is 23.2 Å². The van der Waals surface area contributed by atoms with Gasteiger partial charge in [0.25, 0.3) is 5.91 Å². The molecule has 0 bridgehead atoms. The fourth-order valence-corrected chi connectivity index (χ4v) is 8.02. The predicted molar refractivity (Wildman–Crippen MR) is 201 cm³/mol. The molecule has 0 saturated carbocycles. The van der Waals surface area contributed by atoms with Crippen molar-refractivity contribution in [2.45, 2.75) is 36.1 Å². The lowest BCUT2D eigenvalue weighted by Gasteiger charge is -2.35. The number of alkyl halides is 3. The number of nitrogens with zero attached hydrogens (tertiary/aromatic N) is 3. The lowest BCUT2D eigenvalue weighted by Crippen LogP contribution is -2.48. The van der Waals surface area contributed by atoms with Crippen LogP contribution in [-0.2, 0) is 36.2 Å². The minimum atomic E-state index is -5.08. The van der Waals surface area contributed by atoms with Gasteiger partial charge in [0.15, 0.2) is 0 Å². The van der Waals surface area contributed by atoms with Gasteiger partial charge in [0.2, 0.25) is 26.0 Å². The molecule has 2 amide bonds. The van der Waals surface area contributed by atoms with Crippen LogP contribution in [-0.4, -0.2) is 108 Å². The summed E-state index contributed by atoms with van der Waals surface area (Å²) in [5.74, 6) is -3.60. The van der Waals surface area contributed by atoms with E-state index in [0.717, 1.165) is 16.2 Å². The molecule has 2 heterocycles. The van der Waals surface area contributed by atoms with Crippen molar-refractivity contribution in [1.29, 1.82) is 0 Å². The number of halogens is 5. The summed E-state index contributed by atoms with van der Waals surface area (Å²) in [4.78, 5) is 37.1. The van der Waals surface area contributed by atoms with E-state index in [9.17, 15) is 39.6 Å². The molecule has 0 unspecified atom stereocenters. The molecular formula is C33H38Cl2F3N7O8S2. The Balaban J connectivity index is 0.000000876. The molecule has 6 N–H and O–H groups in total. The van der Waals surface area contributed by atoms with Gasteiger partial charge in [-0.05, 0) is 66.6 Å². The number of hydrogen-bond donors (Lipinski definition) is 5. The van der Waals surface area contributed by atoms with E-state index in [4.69, 9.17) is 38.8 Å². The van der Waals surface area contributed by atoms with Crippen LogP contribution in [0, 0.1) is 0 Å². The third-order valence-corrected chi connectivity index (χ3v) is 12.1. The molecule has 0 aliphatic carbocycles. The van der Waals surface area contributed by atoms with Gasteiger partial charge in [0.1, 0.15) is 0 Å². The van der Waals surface area contributed by atoms with Crippen LogP contribution in [0.25, 0.3) is 0 Å². The molecular weight excluding hydrogens is 814 g/mol. The Kier molecular flexibility index (Phi) is 14.0. The van der Waals surface area contributed by atoms with Gasteiger partial charge in [0.05, 0.1) is 28.4 Å². The summed E-state index contributed by atoms with van der Waals surface area (Å²) in [5.41, 5.74) is 7.75. The Bertz CT molecular complexity index is 2100. The van der Waals surface area contributed by atoms with Crippen LogP contribution in [0.3, 0.4) is 0 Å². The number of benzene rings is 3.